The summed E-state index contributed by atoms with van der Waals surface area (Å²) in [5.74, 6) is 0. The standard InChI is InChI=1S/C18H38.Cl2H2Si/c1-3-5-7-9-11-13-15-17-18-16-14-12-10-8-6-4-2;1-3-2/h3-18H2,1-2H3;3H2. The third-order valence-electron chi connectivity index (χ3n) is 3.96. The van der Waals surface area contributed by atoms with Crippen molar-refractivity contribution in [1.29, 1.82) is 0 Å². The molecule has 0 aliphatic carbocycles. The van der Waals surface area contributed by atoms with Crippen molar-refractivity contribution < 1.29 is 0 Å². The largest absolute Gasteiger partial charge is 0.222 e. The van der Waals surface area contributed by atoms with Gasteiger partial charge in [-0.3, -0.25) is 0 Å². The van der Waals surface area contributed by atoms with E-state index in [2.05, 4.69) is 13.8 Å². The molecular weight excluding hydrogens is 315 g/mol. The lowest BCUT2D eigenvalue weighted by Crippen LogP contribution is -1.83. The van der Waals surface area contributed by atoms with Crippen molar-refractivity contribution in [3.8, 4) is 0 Å². The zero-order valence-corrected chi connectivity index (χ0v) is 17.7. The number of hydrogen-bond acceptors (Lipinski definition) is 0. The van der Waals surface area contributed by atoms with Crippen molar-refractivity contribution in [2.24, 2.45) is 0 Å². The Labute approximate surface area is 147 Å². The molecule has 0 unspecified atom stereocenters. The molecular formula is C18H40Cl2Si. The summed E-state index contributed by atoms with van der Waals surface area (Å²) in [6.07, 6.45) is 23.4. The van der Waals surface area contributed by atoms with Gasteiger partial charge < -0.3 is 0 Å². The van der Waals surface area contributed by atoms with Crippen LogP contribution in [0.15, 0.2) is 0 Å². The molecule has 0 atom stereocenters. The molecule has 0 aromatic rings. The fraction of sp³-hybridized carbons (Fsp3) is 1.00. The molecule has 0 rings (SSSR count). The Morgan fingerprint density at radius 1 is 0.429 bits per heavy atom. The van der Waals surface area contributed by atoms with Crippen molar-refractivity contribution in [3.63, 3.8) is 0 Å². The van der Waals surface area contributed by atoms with Crippen LogP contribution in [0.2, 0.25) is 0 Å². The SMILES string of the molecule is CCCCCCCCCCCCCCCCCC.Cl[SiH2]Cl. The van der Waals surface area contributed by atoms with Crippen molar-refractivity contribution >= 4 is 30.3 Å². The molecule has 0 saturated carbocycles. The molecule has 0 nitrogen and oxygen atoms in total. The molecule has 0 aliphatic rings. The van der Waals surface area contributed by atoms with Crippen LogP contribution < -0.4 is 0 Å². The first-order valence-corrected chi connectivity index (χ1v) is 13.7. The zero-order chi connectivity index (χ0) is 16.0. The molecule has 0 heterocycles. The molecule has 130 valence electrons. The summed E-state index contributed by atoms with van der Waals surface area (Å²) in [5, 5.41) is 0. The molecule has 0 saturated heterocycles. The van der Waals surface area contributed by atoms with Crippen molar-refractivity contribution in [1.82, 2.24) is 0 Å². The number of hydrogen-bond donors (Lipinski definition) is 0. The van der Waals surface area contributed by atoms with Gasteiger partial charge in [0, 0.05) is 0 Å². The molecule has 3 heteroatoms. The molecule has 0 radical (unpaired) electrons. The Bertz CT molecular complexity index is 138. The van der Waals surface area contributed by atoms with Crippen molar-refractivity contribution in [3.05, 3.63) is 0 Å². The summed E-state index contributed by atoms with van der Waals surface area (Å²) >= 11 is 9.81. The molecule has 0 aromatic heterocycles. The second kappa shape index (κ2) is 25.7. The van der Waals surface area contributed by atoms with Crippen LogP contribution in [0.4, 0.5) is 0 Å². The second-order valence-electron chi connectivity index (χ2n) is 6.05. The van der Waals surface area contributed by atoms with Gasteiger partial charge in [-0.25, -0.2) is 0 Å². The van der Waals surface area contributed by atoms with Gasteiger partial charge >= 0.3 is 0 Å². The van der Waals surface area contributed by atoms with Crippen LogP contribution in [0.25, 0.3) is 0 Å². The predicted molar refractivity (Wildman–Crippen MR) is 105 cm³/mol. The van der Waals surface area contributed by atoms with Crippen LogP contribution in [-0.2, 0) is 0 Å². The number of halogens is 2. The second-order valence-corrected chi connectivity index (χ2v) is 8.68. The van der Waals surface area contributed by atoms with Gasteiger partial charge in [0.25, 0.3) is 0 Å². The van der Waals surface area contributed by atoms with Crippen LogP contribution >= 0.6 is 22.2 Å². The number of rotatable bonds is 15. The lowest BCUT2D eigenvalue weighted by atomic mass is 10.0. The summed E-state index contributed by atoms with van der Waals surface area (Å²) in [5.41, 5.74) is 0. The van der Waals surface area contributed by atoms with Crippen LogP contribution in [0.1, 0.15) is 117 Å². The van der Waals surface area contributed by atoms with Crippen LogP contribution in [0, 0.1) is 0 Å². The highest BCUT2D eigenvalue weighted by atomic mass is 35.7. The molecule has 0 aliphatic heterocycles. The van der Waals surface area contributed by atoms with Crippen LogP contribution in [0.3, 0.4) is 0 Å². The Morgan fingerprint density at radius 2 is 0.571 bits per heavy atom. The lowest BCUT2D eigenvalue weighted by Gasteiger charge is -2.03. The number of unbranched alkanes of at least 4 members (excludes halogenated alkanes) is 15. The smallest absolute Gasteiger partial charge is 0.155 e. The quantitative estimate of drug-likeness (QED) is 0.160. The molecule has 0 fully saturated rings. The average Bonchev–Trinajstić information content (AvgIpc) is 2.48. The van der Waals surface area contributed by atoms with E-state index >= 15 is 0 Å². The van der Waals surface area contributed by atoms with Gasteiger partial charge in [0.15, 0.2) is 0 Å². The lowest BCUT2D eigenvalue weighted by molar-refractivity contribution is 0.531. The third kappa shape index (κ3) is 29.4. The van der Waals surface area contributed by atoms with E-state index in [-0.39, 0.29) is 0 Å². The van der Waals surface area contributed by atoms with Gasteiger partial charge in [-0.15, -0.1) is 0 Å². The average molecular weight is 356 g/mol. The first kappa shape index (κ1) is 24.1. The molecule has 0 spiro atoms. The minimum absolute atomic E-state index is 0.639. The Kier molecular flexibility index (Phi) is 29.5. The minimum Gasteiger partial charge on any atom is -0.155 e. The summed E-state index contributed by atoms with van der Waals surface area (Å²) in [6.45, 7) is 4.59. The van der Waals surface area contributed by atoms with Crippen molar-refractivity contribution in [2.45, 2.75) is 117 Å². The Balaban J connectivity index is 0. The van der Waals surface area contributed by atoms with Gasteiger partial charge in [-0.2, -0.15) is 22.2 Å². The minimum atomic E-state index is -0.639. The Morgan fingerprint density at radius 3 is 0.714 bits per heavy atom. The van der Waals surface area contributed by atoms with E-state index in [0.717, 1.165) is 0 Å². The summed E-state index contributed by atoms with van der Waals surface area (Å²) < 4.78 is 0. The fourth-order valence-corrected chi connectivity index (χ4v) is 2.62. The van der Waals surface area contributed by atoms with Crippen LogP contribution in [0.5, 0.6) is 0 Å². The fourth-order valence-electron chi connectivity index (χ4n) is 2.62. The first-order chi connectivity index (χ1) is 10.3. The zero-order valence-electron chi connectivity index (χ0n) is 14.8. The summed E-state index contributed by atoms with van der Waals surface area (Å²) in [7, 11) is -0.639. The van der Waals surface area contributed by atoms with E-state index in [1.165, 1.54) is 103 Å². The van der Waals surface area contributed by atoms with Gasteiger partial charge in [-0.05, 0) is 0 Å². The molecule has 0 aromatic carbocycles. The topological polar surface area (TPSA) is 0 Å². The van der Waals surface area contributed by atoms with E-state index < -0.39 is 8.14 Å². The van der Waals surface area contributed by atoms with E-state index in [4.69, 9.17) is 22.2 Å². The highest BCUT2D eigenvalue weighted by Crippen LogP contribution is 2.13. The molecule has 0 amide bonds. The highest BCUT2D eigenvalue weighted by Gasteiger charge is 1.93. The van der Waals surface area contributed by atoms with Gasteiger partial charge in [0.2, 0.25) is 8.14 Å². The molecule has 0 N–H and O–H groups in total. The highest BCUT2D eigenvalue weighted by molar-refractivity contribution is 7.22. The maximum absolute atomic E-state index is 4.90. The van der Waals surface area contributed by atoms with Crippen LogP contribution in [-0.4, -0.2) is 8.14 Å². The third-order valence-corrected chi connectivity index (χ3v) is 3.96. The van der Waals surface area contributed by atoms with Crippen molar-refractivity contribution in [2.75, 3.05) is 0 Å². The first-order valence-electron chi connectivity index (χ1n) is 9.45. The summed E-state index contributed by atoms with van der Waals surface area (Å²) in [6, 6.07) is 0. The molecule has 0 bridgehead atoms. The van der Waals surface area contributed by atoms with E-state index in [9.17, 15) is 0 Å². The van der Waals surface area contributed by atoms with E-state index in [1.54, 1.807) is 0 Å². The maximum atomic E-state index is 4.90. The monoisotopic (exact) mass is 354 g/mol. The van der Waals surface area contributed by atoms with Gasteiger partial charge in [0.1, 0.15) is 0 Å². The van der Waals surface area contributed by atoms with E-state index in [1.807, 2.05) is 0 Å². The van der Waals surface area contributed by atoms with Gasteiger partial charge in [0.05, 0.1) is 0 Å². The predicted octanol–water partition coefficient (Wildman–Crippen LogP) is 7.73. The normalized spacial score (nSPS) is 10.3. The summed E-state index contributed by atoms with van der Waals surface area (Å²) in [4.78, 5) is 0. The van der Waals surface area contributed by atoms with Gasteiger partial charge in [-0.1, -0.05) is 117 Å². The Hall–Kier alpha value is 0.797. The maximum Gasteiger partial charge on any atom is 0.222 e. The van der Waals surface area contributed by atoms with E-state index in [0.29, 0.717) is 0 Å². The molecule has 21 heavy (non-hydrogen) atoms.